The third-order valence-electron chi connectivity index (χ3n) is 2.90. The molecule has 1 aromatic heterocycles. The summed E-state index contributed by atoms with van der Waals surface area (Å²) >= 11 is 0. The molecule has 2 heterocycles. The van der Waals surface area contributed by atoms with Gasteiger partial charge >= 0.3 is 0 Å². The Labute approximate surface area is 111 Å². The Hall–Kier alpha value is -2.14. The second-order valence-corrected chi connectivity index (χ2v) is 5.06. The van der Waals surface area contributed by atoms with Crippen molar-refractivity contribution in [2.24, 2.45) is 5.73 Å². The Balaban J connectivity index is 2.03. The first-order valence-corrected chi connectivity index (χ1v) is 6.06. The fourth-order valence-corrected chi connectivity index (χ4v) is 1.89. The molecule has 0 saturated carbocycles. The zero-order valence-electron chi connectivity index (χ0n) is 10.9. The van der Waals surface area contributed by atoms with Crippen LogP contribution >= 0.6 is 0 Å². The van der Waals surface area contributed by atoms with Crippen LogP contribution in [0.5, 0.6) is 11.5 Å². The Morgan fingerprint density at radius 1 is 1.16 bits per heavy atom. The molecule has 5 nitrogen and oxygen atoms in total. The molecule has 0 spiro atoms. The highest BCUT2D eigenvalue weighted by Gasteiger charge is 2.19. The molecule has 5 heteroatoms. The molecule has 98 valence electrons. The molecule has 0 bridgehead atoms. The monoisotopic (exact) mass is 257 g/mol. The van der Waals surface area contributed by atoms with Crippen LogP contribution in [-0.2, 0) is 5.54 Å². The summed E-state index contributed by atoms with van der Waals surface area (Å²) in [5.74, 6) is 2.12. The van der Waals surface area contributed by atoms with E-state index in [2.05, 4.69) is 9.97 Å². The van der Waals surface area contributed by atoms with Gasteiger partial charge in [-0.2, -0.15) is 0 Å². The summed E-state index contributed by atoms with van der Waals surface area (Å²) in [6.07, 6.45) is 1.72. The minimum Gasteiger partial charge on any atom is -0.454 e. The highest BCUT2D eigenvalue weighted by molar-refractivity contribution is 5.64. The lowest BCUT2D eigenvalue weighted by molar-refractivity contribution is 0.174. The standard InChI is InChI=1S/C14H15N3O2/c1-14(2,15)13-16-6-5-10(17-13)9-3-4-11-12(7-9)19-8-18-11/h3-7H,8,15H2,1-2H3. The van der Waals surface area contributed by atoms with Gasteiger partial charge in [-0.1, -0.05) is 0 Å². The van der Waals surface area contributed by atoms with Crippen LogP contribution in [0.25, 0.3) is 11.3 Å². The molecule has 1 aliphatic heterocycles. The van der Waals surface area contributed by atoms with E-state index < -0.39 is 5.54 Å². The lowest BCUT2D eigenvalue weighted by Crippen LogP contribution is -2.31. The van der Waals surface area contributed by atoms with Crippen LogP contribution in [-0.4, -0.2) is 16.8 Å². The predicted octanol–water partition coefficient (Wildman–Crippen LogP) is 2.07. The van der Waals surface area contributed by atoms with E-state index in [1.54, 1.807) is 6.20 Å². The van der Waals surface area contributed by atoms with Crippen molar-refractivity contribution in [3.63, 3.8) is 0 Å². The molecular formula is C14H15N3O2. The van der Waals surface area contributed by atoms with Gasteiger partial charge in [0.15, 0.2) is 11.5 Å². The summed E-state index contributed by atoms with van der Waals surface area (Å²) in [5.41, 5.74) is 7.24. The Bertz CT molecular complexity index is 620. The molecule has 0 aliphatic carbocycles. The summed E-state index contributed by atoms with van der Waals surface area (Å²) in [5, 5.41) is 0. The van der Waals surface area contributed by atoms with E-state index in [-0.39, 0.29) is 6.79 Å². The Kier molecular flexibility index (Phi) is 2.64. The average Bonchev–Trinajstić information content (AvgIpc) is 2.85. The maximum Gasteiger partial charge on any atom is 0.231 e. The molecule has 2 aromatic rings. The maximum absolute atomic E-state index is 6.02. The van der Waals surface area contributed by atoms with E-state index in [4.69, 9.17) is 15.2 Å². The molecule has 2 N–H and O–H groups in total. The van der Waals surface area contributed by atoms with Gasteiger partial charge in [-0.3, -0.25) is 0 Å². The molecule has 0 unspecified atom stereocenters. The molecule has 0 atom stereocenters. The van der Waals surface area contributed by atoms with E-state index in [0.717, 1.165) is 22.8 Å². The summed E-state index contributed by atoms with van der Waals surface area (Å²) in [6, 6.07) is 7.60. The van der Waals surface area contributed by atoms with Crippen LogP contribution in [0.4, 0.5) is 0 Å². The number of hydrogen-bond acceptors (Lipinski definition) is 5. The van der Waals surface area contributed by atoms with Gasteiger partial charge in [0, 0.05) is 11.8 Å². The van der Waals surface area contributed by atoms with Crippen molar-refractivity contribution in [2.75, 3.05) is 6.79 Å². The van der Waals surface area contributed by atoms with E-state index >= 15 is 0 Å². The number of aromatic nitrogens is 2. The summed E-state index contributed by atoms with van der Waals surface area (Å²) in [6.45, 7) is 4.03. The number of benzene rings is 1. The van der Waals surface area contributed by atoms with Crippen LogP contribution in [0.15, 0.2) is 30.5 Å². The SMILES string of the molecule is CC(C)(N)c1nccc(-c2ccc3c(c2)OCO3)n1. The molecule has 0 radical (unpaired) electrons. The average molecular weight is 257 g/mol. The first kappa shape index (κ1) is 11.9. The molecular weight excluding hydrogens is 242 g/mol. The summed E-state index contributed by atoms with van der Waals surface area (Å²) in [7, 11) is 0. The Morgan fingerprint density at radius 3 is 2.74 bits per heavy atom. The lowest BCUT2D eigenvalue weighted by atomic mass is 10.1. The molecule has 3 rings (SSSR count). The van der Waals surface area contributed by atoms with Crippen molar-refractivity contribution in [2.45, 2.75) is 19.4 Å². The predicted molar refractivity (Wildman–Crippen MR) is 70.8 cm³/mol. The smallest absolute Gasteiger partial charge is 0.231 e. The normalized spacial score (nSPS) is 13.6. The fraction of sp³-hybridized carbons (Fsp3) is 0.286. The highest BCUT2D eigenvalue weighted by atomic mass is 16.7. The van der Waals surface area contributed by atoms with E-state index in [9.17, 15) is 0 Å². The second-order valence-electron chi connectivity index (χ2n) is 5.06. The van der Waals surface area contributed by atoms with Crippen LogP contribution in [0.3, 0.4) is 0 Å². The van der Waals surface area contributed by atoms with Gasteiger partial charge in [-0.05, 0) is 38.1 Å². The number of ether oxygens (including phenoxy) is 2. The lowest BCUT2D eigenvalue weighted by Gasteiger charge is -2.17. The van der Waals surface area contributed by atoms with Crippen molar-refractivity contribution in [3.8, 4) is 22.8 Å². The van der Waals surface area contributed by atoms with Crippen molar-refractivity contribution in [1.82, 2.24) is 9.97 Å². The fourth-order valence-electron chi connectivity index (χ4n) is 1.89. The largest absolute Gasteiger partial charge is 0.454 e. The van der Waals surface area contributed by atoms with E-state index in [0.29, 0.717) is 5.82 Å². The zero-order chi connectivity index (χ0) is 13.5. The van der Waals surface area contributed by atoms with Crippen LogP contribution < -0.4 is 15.2 Å². The topological polar surface area (TPSA) is 70.3 Å². The van der Waals surface area contributed by atoms with Gasteiger partial charge in [-0.25, -0.2) is 9.97 Å². The van der Waals surface area contributed by atoms with E-state index in [1.165, 1.54) is 0 Å². The molecule has 1 aromatic carbocycles. The Morgan fingerprint density at radius 2 is 1.95 bits per heavy atom. The molecule has 1 aliphatic rings. The minimum atomic E-state index is -0.563. The first-order chi connectivity index (χ1) is 9.04. The third-order valence-corrected chi connectivity index (χ3v) is 2.90. The quantitative estimate of drug-likeness (QED) is 0.891. The second kappa shape index (κ2) is 4.20. The van der Waals surface area contributed by atoms with Gasteiger partial charge in [0.25, 0.3) is 0 Å². The van der Waals surface area contributed by atoms with Crippen LogP contribution in [0, 0.1) is 0 Å². The zero-order valence-corrected chi connectivity index (χ0v) is 10.9. The van der Waals surface area contributed by atoms with Gasteiger partial charge in [0.2, 0.25) is 6.79 Å². The number of nitrogens with two attached hydrogens (primary N) is 1. The third kappa shape index (κ3) is 2.24. The number of nitrogens with zero attached hydrogens (tertiary/aromatic N) is 2. The number of rotatable bonds is 2. The molecule has 0 fully saturated rings. The molecule has 0 amide bonds. The maximum atomic E-state index is 6.02. The molecule has 19 heavy (non-hydrogen) atoms. The van der Waals surface area contributed by atoms with Crippen molar-refractivity contribution < 1.29 is 9.47 Å². The summed E-state index contributed by atoms with van der Waals surface area (Å²) < 4.78 is 10.7. The van der Waals surface area contributed by atoms with Gasteiger partial charge in [0.1, 0.15) is 5.82 Å². The first-order valence-electron chi connectivity index (χ1n) is 6.06. The summed E-state index contributed by atoms with van der Waals surface area (Å²) in [4.78, 5) is 8.72. The van der Waals surface area contributed by atoms with Gasteiger partial charge in [-0.15, -0.1) is 0 Å². The van der Waals surface area contributed by atoms with Crippen molar-refractivity contribution in [1.29, 1.82) is 0 Å². The van der Waals surface area contributed by atoms with Crippen molar-refractivity contribution in [3.05, 3.63) is 36.3 Å². The highest BCUT2D eigenvalue weighted by Crippen LogP contribution is 2.35. The van der Waals surface area contributed by atoms with Gasteiger partial charge in [0.05, 0.1) is 11.2 Å². The number of hydrogen-bond donors (Lipinski definition) is 1. The van der Waals surface area contributed by atoms with Crippen molar-refractivity contribution >= 4 is 0 Å². The number of fused-ring (bicyclic) bond motifs is 1. The molecule has 0 saturated heterocycles. The van der Waals surface area contributed by atoms with Crippen LogP contribution in [0.1, 0.15) is 19.7 Å². The van der Waals surface area contributed by atoms with Crippen LogP contribution in [0.2, 0.25) is 0 Å². The van der Waals surface area contributed by atoms with Gasteiger partial charge < -0.3 is 15.2 Å². The minimum absolute atomic E-state index is 0.268. The van der Waals surface area contributed by atoms with E-state index in [1.807, 2.05) is 38.1 Å².